The lowest BCUT2D eigenvalue weighted by Crippen LogP contribution is -2.45. The highest BCUT2D eigenvalue weighted by molar-refractivity contribution is 6.18. The van der Waals surface area contributed by atoms with E-state index in [0.29, 0.717) is 12.3 Å². The molecule has 0 bridgehead atoms. The summed E-state index contributed by atoms with van der Waals surface area (Å²) in [7, 11) is 0. The van der Waals surface area contributed by atoms with Gasteiger partial charge in [0.25, 0.3) is 0 Å². The van der Waals surface area contributed by atoms with Crippen molar-refractivity contribution < 1.29 is 4.39 Å². The predicted molar refractivity (Wildman–Crippen MR) is 50.5 cm³/mol. The number of alkyl halides is 2. The zero-order chi connectivity index (χ0) is 8.86. The van der Waals surface area contributed by atoms with Gasteiger partial charge < -0.3 is 5.32 Å². The molecule has 0 aliphatic heterocycles. The maximum Gasteiger partial charge on any atom is 0.0906 e. The summed E-state index contributed by atoms with van der Waals surface area (Å²) in [5.41, 5.74) is 0.136. The van der Waals surface area contributed by atoms with Crippen molar-refractivity contribution in [1.29, 1.82) is 0 Å². The molecule has 0 radical (unpaired) electrons. The predicted octanol–water partition coefficient (Wildman–Crippen LogP) is 2.49. The summed E-state index contributed by atoms with van der Waals surface area (Å²) in [6, 6.07) is 0. The van der Waals surface area contributed by atoms with Crippen molar-refractivity contribution in [3.8, 4) is 0 Å². The van der Waals surface area contributed by atoms with Crippen molar-refractivity contribution in [3.05, 3.63) is 0 Å². The standard InChI is InChI=1S/C9H17ClFN/c10-8-9(4-1-2-5-9)12-7-3-6-11/h12H,1-8H2. The smallest absolute Gasteiger partial charge is 0.0906 e. The number of halogens is 2. The summed E-state index contributed by atoms with van der Waals surface area (Å²) < 4.78 is 11.8. The molecule has 1 fully saturated rings. The van der Waals surface area contributed by atoms with Gasteiger partial charge in [0.1, 0.15) is 0 Å². The molecule has 0 aromatic rings. The van der Waals surface area contributed by atoms with Gasteiger partial charge in [-0.15, -0.1) is 11.6 Å². The highest BCUT2D eigenvalue weighted by Crippen LogP contribution is 2.30. The van der Waals surface area contributed by atoms with Gasteiger partial charge in [-0.2, -0.15) is 0 Å². The number of hydrogen-bond donors (Lipinski definition) is 1. The fraction of sp³-hybridized carbons (Fsp3) is 1.00. The van der Waals surface area contributed by atoms with Crippen LogP contribution in [0.3, 0.4) is 0 Å². The third-order valence-electron chi connectivity index (χ3n) is 2.63. The van der Waals surface area contributed by atoms with Crippen LogP contribution >= 0.6 is 11.6 Å². The maximum atomic E-state index is 11.8. The molecule has 0 spiro atoms. The van der Waals surface area contributed by atoms with Gasteiger partial charge in [0, 0.05) is 11.4 Å². The van der Waals surface area contributed by atoms with E-state index in [1.807, 2.05) is 0 Å². The highest BCUT2D eigenvalue weighted by Gasteiger charge is 2.31. The van der Waals surface area contributed by atoms with Crippen LogP contribution in [0.15, 0.2) is 0 Å². The first-order valence-electron chi connectivity index (χ1n) is 4.70. The first-order valence-corrected chi connectivity index (χ1v) is 5.23. The van der Waals surface area contributed by atoms with E-state index < -0.39 is 0 Å². The third-order valence-corrected chi connectivity index (χ3v) is 3.14. The first-order chi connectivity index (χ1) is 5.83. The van der Waals surface area contributed by atoms with Crippen molar-refractivity contribution in [2.75, 3.05) is 19.1 Å². The summed E-state index contributed by atoms with van der Waals surface area (Å²) in [5, 5.41) is 3.37. The Morgan fingerprint density at radius 3 is 2.50 bits per heavy atom. The molecule has 0 aromatic carbocycles. The lowest BCUT2D eigenvalue weighted by molar-refractivity contribution is 0.353. The fourth-order valence-electron chi connectivity index (χ4n) is 1.83. The SMILES string of the molecule is FCCCNC1(CCl)CCCC1. The van der Waals surface area contributed by atoms with Crippen molar-refractivity contribution >= 4 is 11.6 Å². The molecule has 1 aliphatic carbocycles. The monoisotopic (exact) mass is 193 g/mol. The molecule has 1 aliphatic rings. The minimum atomic E-state index is -0.231. The summed E-state index contributed by atoms with van der Waals surface area (Å²) in [4.78, 5) is 0. The van der Waals surface area contributed by atoms with Crippen molar-refractivity contribution in [2.45, 2.75) is 37.6 Å². The third kappa shape index (κ3) is 2.60. The Bertz CT molecular complexity index is 124. The van der Waals surface area contributed by atoms with Crippen LogP contribution in [0.2, 0.25) is 0 Å². The lowest BCUT2D eigenvalue weighted by Gasteiger charge is -2.27. The Balaban J connectivity index is 2.24. The molecule has 0 saturated heterocycles. The molecule has 3 heteroatoms. The average Bonchev–Trinajstić information content (AvgIpc) is 2.55. The van der Waals surface area contributed by atoms with Crippen LogP contribution in [0.25, 0.3) is 0 Å². The molecule has 0 heterocycles. The van der Waals surface area contributed by atoms with E-state index in [1.54, 1.807) is 0 Å². The van der Waals surface area contributed by atoms with Crippen LogP contribution in [0.1, 0.15) is 32.1 Å². The Hall–Kier alpha value is 0.180. The normalized spacial score (nSPS) is 21.5. The van der Waals surface area contributed by atoms with Crippen LogP contribution in [-0.2, 0) is 0 Å². The van der Waals surface area contributed by atoms with Gasteiger partial charge in [-0.3, -0.25) is 4.39 Å². The van der Waals surface area contributed by atoms with Gasteiger partial charge in [0.15, 0.2) is 0 Å². The van der Waals surface area contributed by atoms with E-state index in [4.69, 9.17) is 11.6 Å². The average molecular weight is 194 g/mol. The second kappa shape index (κ2) is 5.03. The molecule has 1 saturated carbocycles. The van der Waals surface area contributed by atoms with Gasteiger partial charge in [-0.1, -0.05) is 12.8 Å². The Labute approximate surface area is 78.7 Å². The second-order valence-corrected chi connectivity index (χ2v) is 3.86. The second-order valence-electron chi connectivity index (χ2n) is 3.59. The quantitative estimate of drug-likeness (QED) is 0.523. The summed E-state index contributed by atoms with van der Waals surface area (Å²) in [6.45, 7) is 0.536. The molecule has 0 amide bonds. The number of rotatable bonds is 5. The molecule has 1 nitrogen and oxygen atoms in total. The van der Waals surface area contributed by atoms with Crippen LogP contribution in [0.5, 0.6) is 0 Å². The maximum absolute atomic E-state index is 11.8. The summed E-state index contributed by atoms with van der Waals surface area (Å²) in [5.74, 6) is 0.666. The van der Waals surface area contributed by atoms with Gasteiger partial charge >= 0.3 is 0 Å². The molecular formula is C9H17ClFN. The van der Waals surface area contributed by atoms with Crippen LogP contribution in [-0.4, -0.2) is 24.6 Å². The van der Waals surface area contributed by atoms with E-state index in [2.05, 4.69) is 5.32 Å². The van der Waals surface area contributed by atoms with E-state index in [0.717, 1.165) is 19.4 Å². The van der Waals surface area contributed by atoms with Crippen molar-refractivity contribution in [3.63, 3.8) is 0 Å². The zero-order valence-electron chi connectivity index (χ0n) is 7.41. The topological polar surface area (TPSA) is 12.0 Å². The van der Waals surface area contributed by atoms with Crippen LogP contribution in [0.4, 0.5) is 4.39 Å². The Morgan fingerprint density at radius 2 is 2.00 bits per heavy atom. The molecule has 1 rings (SSSR count). The highest BCUT2D eigenvalue weighted by atomic mass is 35.5. The Kier molecular flexibility index (Phi) is 4.30. The van der Waals surface area contributed by atoms with E-state index in [9.17, 15) is 4.39 Å². The van der Waals surface area contributed by atoms with Gasteiger partial charge in [-0.05, 0) is 25.8 Å². The van der Waals surface area contributed by atoms with E-state index in [-0.39, 0.29) is 12.2 Å². The van der Waals surface area contributed by atoms with Gasteiger partial charge in [-0.25, -0.2) is 0 Å². The lowest BCUT2D eigenvalue weighted by atomic mass is 10.0. The fourth-order valence-corrected chi connectivity index (χ4v) is 2.19. The molecule has 12 heavy (non-hydrogen) atoms. The zero-order valence-corrected chi connectivity index (χ0v) is 8.17. The minimum Gasteiger partial charge on any atom is -0.310 e. The molecule has 0 unspecified atom stereocenters. The van der Waals surface area contributed by atoms with Crippen LogP contribution < -0.4 is 5.32 Å². The number of nitrogens with one attached hydrogen (secondary N) is 1. The van der Waals surface area contributed by atoms with E-state index in [1.165, 1.54) is 12.8 Å². The summed E-state index contributed by atoms with van der Waals surface area (Å²) >= 11 is 5.89. The van der Waals surface area contributed by atoms with Gasteiger partial charge in [0.05, 0.1) is 6.67 Å². The molecule has 72 valence electrons. The van der Waals surface area contributed by atoms with Crippen molar-refractivity contribution in [1.82, 2.24) is 5.32 Å². The van der Waals surface area contributed by atoms with Crippen molar-refractivity contribution in [2.24, 2.45) is 0 Å². The van der Waals surface area contributed by atoms with Gasteiger partial charge in [0.2, 0.25) is 0 Å². The molecule has 0 atom stereocenters. The minimum absolute atomic E-state index is 0.136. The van der Waals surface area contributed by atoms with Crippen LogP contribution in [0, 0.1) is 0 Å². The molecule has 0 aromatic heterocycles. The Morgan fingerprint density at radius 1 is 1.33 bits per heavy atom. The summed E-state index contributed by atoms with van der Waals surface area (Å²) in [6.07, 6.45) is 5.44. The molecule has 1 N–H and O–H groups in total. The first kappa shape index (κ1) is 10.3. The number of hydrogen-bond acceptors (Lipinski definition) is 1. The van der Waals surface area contributed by atoms with E-state index >= 15 is 0 Å². The largest absolute Gasteiger partial charge is 0.310 e. The molecular weight excluding hydrogens is 177 g/mol.